The summed E-state index contributed by atoms with van der Waals surface area (Å²) in [5, 5.41) is 8.26. The van der Waals surface area contributed by atoms with Crippen LogP contribution in [0.15, 0.2) is 84.2 Å². The fourth-order valence-electron chi connectivity index (χ4n) is 2.44. The summed E-state index contributed by atoms with van der Waals surface area (Å²) in [6.07, 6.45) is 19.8. The van der Waals surface area contributed by atoms with Gasteiger partial charge in [0.25, 0.3) is 0 Å². The molecule has 0 unspecified atom stereocenters. The molecule has 0 amide bonds. The van der Waals surface area contributed by atoms with E-state index >= 15 is 0 Å². The summed E-state index contributed by atoms with van der Waals surface area (Å²) in [4.78, 5) is 2.82. The molecule has 2 radical (unpaired) electrons. The molecule has 0 fully saturated rings. The molecule has 0 aliphatic heterocycles. The van der Waals surface area contributed by atoms with E-state index in [-0.39, 0.29) is 17.1 Å². The largest absolute Gasteiger partial charge is 0.240 e. The topological polar surface area (TPSA) is 66.6 Å². The molecule has 0 saturated heterocycles. The maximum absolute atomic E-state index is 8.50. The van der Waals surface area contributed by atoms with Crippen molar-refractivity contribution in [2.45, 2.75) is 6.54 Å². The quantitative estimate of drug-likeness (QED) is 0.311. The van der Waals surface area contributed by atoms with Crippen LogP contribution in [0.4, 0.5) is 0 Å². The molecular weight excluding hydrogens is 366 g/mol. The Morgan fingerprint density at radius 1 is 1.00 bits per heavy atom. The van der Waals surface area contributed by atoms with Crippen LogP contribution in [0.1, 0.15) is 11.3 Å². The summed E-state index contributed by atoms with van der Waals surface area (Å²) in [5.74, 6) is 0. The first kappa shape index (κ1) is 19.5. The Morgan fingerprint density at radius 3 is 2.35 bits per heavy atom. The smallest absolute Gasteiger partial charge is 0.0957 e. The van der Waals surface area contributed by atoms with Gasteiger partial charge in [-0.3, -0.25) is 0 Å². The molecular formula is C20H17FeN5. The van der Waals surface area contributed by atoms with Crippen LogP contribution >= 0.6 is 0 Å². The molecule has 0 spiro atoms. The zero-order valence-corrected chi connectivity index (χ0v) is 15.1. The van der Waals surface area contributed by atoms with Crippen molar-refractivity contribution in [2.24, 2.45) is 5.11 Å². The monoisotopic (exact) mass is 383 g/mol. The number of para-hydroxylation sites is 1. The fourth-order valence-corrected chi connectivity index (χ4v) is 2.44. The number of aromatic nitrogens is 2. The standard InChI is InChI=1S/C15H12N5.C5H5.Fe/c16-19-17-10-13-11-20(14-8-2-1-3-9-14)18-15(13)12-6-4-5-7-12;1-2-4-5-3-1;/h1-9,11H,10H2;1-5H;. The molecule has 4 rings (SSSR count). The van der Waals surface area contributed by atoms with Gasteiger partial charge in [0.2, 0.25) is 0 Å². The van der Waals surface area contributed by atoms with E-state index in [2.05, 4.69) is 15.1 Å². The molecule has 130 valence electrons. The number of azide groups is 1. The van der Waals surface area contributed by atoms with Crippen LogP contribution < -0.4 is 0 Å². The van der Waals surface area contributed by atoms with Gasteiger partial charge >= 0.3 is 0 Å². The molecule has 2 aliphatic rings. The summed E-state index contributed by atoms with van der Waals surface area (Å²) >= 11 is 0. The summed E-state index contributed by atoms with van der Waals surface area (Å²) < 4.78 is 1.81. The zero-order valence-electron chi connectivity index (χ0n) is 14.0. The number of allylic oxidation sites excluding steroid dienone is 8. The normalized spacial score (nSPS) is 13.5. The Morgan fingerprint density at radius 2 is 1.77 bits per heavy atom. The SMILES string of the molecule is [CH]1C=CC=C1.[Fe].[N-]=[N+]=NCc1cn(-c2ccccc2)nc1C1=C[CH]C=C1. The molecule has 1 aromatic heterocycles. The number of benzene rings is 1. The van der Waals surface area contributed by atoms with E-state index in [1.54, 1.807) is 0 Å². The van der Waals surface area contributed by atoms with Gasteiger partial charge in [0.1, 0.15) is 0 Å². The molecule has 1 aromatic carbocycles. The average Bonchev–Trinajstić information content (AvgIpc) is 3.44. The number of hydrogen-bond acceptors (Lipinski definition) is 2. The van der Waals surface area contributed by atoms with Crippen LogP contribution in [0, 0.1) is 12.8 Å². The van der Waals surface area contributed by atoms with Crippen molar-refractivity contribution in [1.82, 2.24) is 9.78 Å². The Labute approximate surface area is 163 Å². The van der Waals surface area contributed by atoms with Crippen molar-refractivity contribution in [3.63, 3.8) is 0 Å². The summed E-state index contributed by atoms with van der Waals surface area (Å²) in [6.45, 7) is 0.295. The Balaban J connectivity index is 0.000000351. The molecule has 0 bridgehead atoms. The van der Waals surface area contributed by atoms with Crippen LogP contribution in [0.5, 0.6) is 0 Å². The second-order valence-corrected chi connectivity index (χ2v) is 5.31. The van der Waals surface area contributed by atoms with E-state index in [4.69, 9.17) is 5.53 Å². The van der Waals surface area contributed by atoms with E-state index in [0.717, 1.165) is 22.5 Å². The van der Waals surface area contributed by atoms with Gasteiger partial charge in [-0.1, -0.05) is 65.8 Å². The molecule has 6 heteroatoms. The van der Waals surface area contributed by atoms with Gasteiger partial charge in [-0.2, -0.15) is 5.10 Å². The van der Waals surface area contributed by atoms with Crippen molar-refractivity contribution in [3.05, 3.63) is 114 Å². The van der Waals surface area contributed by atoms with E-state index in [1.807, 2.05) is 96.6 Å². The van der Waals surface area contributed by atoms with E-state index in [9.17, 15) is 0 Å². The third kappa shape index (κ3) is 5.11. The zero-order chi connectivity index (χ0) is 17.3. The molecule has 26 heavy (non-hydrogen) atoms. The number of nitrogens with zero attached hydrogens (tertiary/aromatic N) is 5. The van der Waals surface area contributed by atoms with Crippen LogP contribution in [-0.2, 0) is 23.6 Å². The molecule has 0 atom stereocenters. The van der Waals surface area contributed by atoms with Gasteiger partial charge in [0.15, 0.2) is 0 Å². The number of rotatable bonds is 4. The molecule has 5 nitrogen and oxygen atoms in total. The summed E-state index contributed by atoms with van der Waals surface area (Å²) in [6, 6.07) is 9.86. The van der Waals surface area contributed by atoms with Gasteiger partial charge in [-0.15, -0.1) is 0 Å². The Hall–Kier alpha value is -2.78. The van der Waals surface area contributed by atoms with Gasteiger partial charge < -0.3 is 0 Å². The van der Waals surface area contributed by atoms with Gasteiger partial charge in [0, 0.05) is 46.6 Å². The maximum atomic E-state index is 8.50. The third-order valence-corrected chi connectivity index (χ3v) is 3.61. The average molecular weight is 383 g/mol. The van der Waals surface area contributed by atoms with E-state index < -0.39 is 0 Å². The Kier molecular flexibility index (Phi) is 7.72. The van der Waals surface area contributed by atoms with Crippen molar-refractivity contribution < 1.29 is 17.1 Å². The molecule has 2 aliphatic carbocycles. The van der Waals surface area contributed by atoms with Crippen molar-refractivity contribution in [1.29, 1.82) is 0 Å². The second-order valence-electron chi connectivity index (χ2n) is 5.31. The first-order valence-electron chi connectivity index (χ1n) is 7.92. The van der Waals surface area contributed by atoms with Crippen LogP contribution in [0.2, 0.25) is 0 Å². The summed E-state index contributed by atoms with van der Waals surface area (Å²) in [7, 11) is 0. The number of hydrogen-bond donors (Lipinski definition) is 0. The molecule has 0 N–H and O–H groups in total. The van der Waals surface area contributed by atoms with Gasteiger partial charge in [-0.25, -0.2) is 4.68 Å². The van der Waals surface area contributed by atoms with Crippen molar-refractivity contribution in [2.75, 3.05) is 0 Å². The Bertz CT molecular complexity index is 874. The first-order chi connectivity index (χ1) is 12.4. The minimum atomic E-state index is 0. The molecule has 1 heterocycles. The predicted molar refractivity (Wildman–Crippen MR) is 100 cm³/mol. The van der Waals surface area contributed by atoms with E-state index in [1.165, 1.54) is 0 Å². The van der Waals surface area contributed by atoms with E-state index in [0.29, 0.717) is 6.54 Å². The molecule has 2 aromatic rings. The third-order valence-electron chi connectivity index (χ3n) is 3.61. The van der Waals surface area contributed by atoms with Crippen LogP contribution in [0.25, 0.3) is 21.7 Å². The van der Waals surface area contributed by atoms with Crippen LogP contribution in [-0.4, -0.2) is 9.78 Å². The minimum Gasteiger partial charge on any atom is -0.240 e. The molecule has 0 saturated carbocycles. The maximum Gasteiger partial charge on any atom is 0.0957 e. The minimum absolute atomic E-state index is 0. The first-order valence-corrected chi connectivity index (χ1v) is 7.92. The van der Waals surface area contributed by atoms with Crippen molar-refractivity contribution >= 4 is 5.57 Å². The fraction of sp³-hybridized carbons (Fsp3) is 0.0500. The van der Waals surface area contributed by atoms with Crippen molar-refractivity contribution in [3.8, 4) is 5.69 Å². The van der Waals surface area contributed by atoms with Crippen LogP contribution in [0.3, 0.4) is 0 Å². The summed E-state index contributed by atoms with van der Waals surface area (Å²) in [5.41, 5.74) is 12.3. The second kappa shape index (κ2) is 10.3. The predicted octanol–water partition coefficient (Wildman–Crippen LogP) is 5.15. The van der Waals surface area contributed by atoms with Gasteiger partial charge in [0.05, 0.1) is 17.9 Å². The van der Waals surface area contributed by atoms with Gasteiger partial charge in [-0.05, 0) is 23.2 Å².